The van der Waals surface area contributed by atoms with E-state index in [1.165, 1.54) is 0 Å². The lowest BCUT2D eigenvalue weighted by atomic mass is 10.3. The molecular weight excluding hydrogens is 192 g/mol. The van der Waals surface area contributed by atoms with Crippen LogP contribution in [0.3, 0.4) is 0 Å². The fraction of sp³-hybridized carbons (Fsp3) is 0.300. The van der Waals surface area contributed by atoms with Gasteiger partial charge in [-0.25, -0.2) is 9.99 Å². The Bertz CT molecular complexity index is 402. The molecule has 0 aliphatic carbocycles. The Morgan fingerprint density at radius 1 is 1.53 bits per heavy atom. The van der Waals surface area contributed by atoms with Gasteiger partial charge < -0.3 is 5.32 Å². The van der Waals surface area contributed by atoms with Gasteiger partial charge in [-0.3, -0.25) is 4.79 Å². The van der Waals surface area contributed by atoms with Crippen molar-refractivity contribution in [2.24, 2.45) is 5.10 Å². The molecule has 5 nitrogen and oxygen atoms in total. The van der Waals surface area contributed by atoms with Gasteiger partial charge in [0, 0.05) is 12.1 Å². The number of pyridine rings is 1. The highest BCUT2D eigenvalue weighted by molar-refractivity contribution is 5.92. The van der Waals surface area contributed by atoms with Crippen LogP contribution in [0.5, 0.6) is 0 Å². The van der Waals surface area contributed by atoms with Gasteiger partial charge in [-0.15, -0.1) is 0 Å². The summed E-state index contributed by atoms with van der Waals surface area (Å²) in [6.45, 7) is 2.69. The molecule has 1 aromatic rings. The number of carbonyl (C=O) groups is 1. The molecule has 0 radical (unpaired) electrons. The molecule has 2 heterocycles. The first-order chi connectivity index (χ1) is 7.29. The molecule has 0 unspecified atom stereocenters. The van der Waals surface area contributed by atoms with E-state index in [1.54, 1.807) is 5.01 Å². The number of carbonyl (C=O) groups excluding carboxylic acids is 1. The molecule has 0 saturated heterocycles. The summed E-state index contributed by atoms with van der Waals surface area (Å²) in [5.74, 6) is 1.51. The van der Waals surface area contributed by atoms with Crippen LogP contribution in [0.4, 0.5) is 5.82 Å². The highest BCUT2D eigenvalue weighted by Gasteiger charge is 2.16. The number of rotatable bonds is 2. The lowest BCUT2D eigenvalue weighted by molar-refractivity contribution is -0.108. The van der Waals surface area contributed by atoms with E-state index in [2.05, 4.69) is 15.4 Å². The summed E-state index contributed by atoms with van der Waals surface area (Å²) in [6, 6.07) is 5.78. The van der Waals surface area contributed by atoms with Crippen molar-refractivity contribution in [3.63, 3.8) is 0 Å². The monoisotopic (exact) mass is 204 g/mol. The topological polar surface area (TPSA) is 57.6 Å². The average molecular weight is 204 g/mol. The van der Waals surface area contributed by atoms with Crippen molar-refractivity contribution in [3.8, 4) is 0 Å². The maximum absolute atomic E-state index is 10.2. The molecule has 1 N–H and O–H groups in total. The van der Waals surface area contributed by atoms with Gasteiger partial charge in [0.15, 0.2) is 0 Å². The highest BCUT2D eigenvalue weighted by Crippen LogP contribution is 2.15. The van der Waals surface area contributed by atoms with Gasteiger partial charge in [-0.05, 0) is 19.1 Å². The second kappa shape index (κ2) is 4.08. The Morgan fingerprint density at radius 2 is 2.40 bits per heavy atom. The van der Waals surface area contributed by atoms with Crippen LogP contribution in [-0.4, -0.2) is 23.8 Å². The molecule has 78 valence electrons. The Balaban J connectivity index is 2.16. The molecular formula is C10H12N4O. The zero-order valence-electron chi connectivity index (χ0n) is 8.47. The molecule has 15 heavy (non-hydrogen) atoms. The number of hydrogen-bond donors (Lipinski definition) is 1. The van der Waals surface area contributed by atoms with Crippen molar-refractivity contribution < 1.29 is 4.79 Å². The average Bonchev–Trinajstić information content (AvgIpc) is 2.67. The normalized spacial score (nSPS) is 15.0. The van der Waals surface area contributed by atoms with Crippen molar-refractivity contribution in [3.05, 3.63) is 23.9 Å². The molecule has 5 heteroatoms. The molecule has 0 saturated carbocycles. The van der Waals surface area contributed by atoms with E-state index in [1.807, 2.05) is 25.1 Å². The summed E-state index contributed by atoms with van der Waals surface area (Å²) < 4.78 is 0. The van der Waals surface area contributed by atoms with Gasteiger partial charge in [0.1, 0.15) is 11.7 Å². The van der Waals surface area contributed by atoms with Crippen LogP contribution < -0.4 is 10.3 Å². The summed E-state index contributed by atoms with van der Waals surface area (Å²) in [6.07, 6.45) is 1.39. The van der Waals surface area contributed by atoms with E-state index < -0.39 is 0 Å². The first-order valence-electron chi connectivity index (χ1n) is 4.78. The van der Waals surface area contributed by atoms with Crippen molar-refractivity contribution in [1.29, 1.82) is 0 Å². The number of hydrazone groups is 1. The van der Waals surface area contributed by atoms with Gasteiger partial charge in [0.2, 0.25) is 6.41 Å². The molecule has 2 rings (SSSR count). The molecule has 1 aromatic heterocycles. The number of nitrogens with zero attached hydrogens (tertiary/aromatic N) is 3. The van der Waals surface area contributed by atoms with Crippen LogP contribution in [0.1, 0.15) is 12.1 Å². The number of aromatic nitrogens is 1. The van der Waals surface area contributed by atoms with Crippen molar-refractivity contribution in [2.45, 2.75) is 13.3 Å². The minimum Gasteiger partial charge on any atom is -0.315 e. The zero-order chi connectivity index (χ0) is 10.7. The summed E-state index contributed by atoms with van der Waals surface area (Å²) in [7, 11) is 0. The molecule has 0 atom stereocenters. The van der Waals surface area contributed by atoms with Crippen molar-refractivity contribution in [2.75, 3.05) is 11.6 Å². The second-order valence-corrected chi connectivity index (χ2v) is 3.32. The maximum atomic E-state index is 10.2. The molecule has 0 aromatic carbocycles. The number of hydrogen-bond acceptors (Lipinski definition) is 4. The van der Waals surface area contributed by atoms with Gasteiger partial charge in [-0.1, -0.05) is 6.07 Å². The third-order valence-electron chi connectivity index (χ3n) is 2.17. The van der Waals surface area contributed by atoms with E-state index in [4.69, 9.17) is 0 Å². The zero-order valence-corrected chi connectivity index (χ0v) is 8.47. The van der Waals surface area contributed by atoms with Crippen LogP contribution in [0, 0.1) is 6.92 Å². The van der Waals surface area contributed by atoms with Crippen LogP contribution in [0.25, 0.3) is 0 Å². The van der Waals surface area contributed by atoms with Gasteiger partial charge in [0.05, 0.1) is 6.54 Å². The number of amidine groups is 1. The maximum Gasteiger partial charge on any atom is 0.212 e. The summed E-state index contributed by atoms with van der Waals surface area (Å²) in [4.78, 5) is 14.6. The number of anilines is 1. The van der Waals surface area contributed by atoms with E-state index in [0.717, 1.165) is 24.5 Å². The standard InChI is InChI=1S/C10H12N4O/c1-8-3-2-4-10(12-8)14-6-5-9(13-14)11-7-15/h2-4,7H,5-6H2,1H3,(H,11,13,15). The predicted octanol–water partition coefficient (Wildman–Crippen LogP) is 0.660. The summed E-state index contributed by atoms with van der Waals surface area (Å²) in [5.41, 5.74) is 0.958. The Hall–Kier alpha value is -1.91. The Labute approximate surface area is 87.8 Å². The fourth-order valence-electron chi connectivity index (χ4n) is 1.46. The highest BCUT2D eigenvalue weighted by atomic mass is 16.1. The Morgan fingerprint density at radius 3 is 3.13 bits per heavy atom. The molecule has 1 amide bonds. The van der Waals surface area contributed by atoms with Crippen LogP contribution in [-0.2, 0) is 4.79 Å². The van der Waals surface area contributed by atoms with Crippen LogP contribution in [0.15, 0.2) is 23.3 Å². The molecule has 0 fully saturated rings. The van der Waals surface area contributed by atoms with E-state index in [9.17, 15) is 4.79 Å². The smallest absolute Gasteiger partial charge is 0.212 e. The van der Waals surface area contributed by atoms with Gasteiger partial charge in [-0.2, -0.15) is 5.10 Å². The fourth-order valence-corrected chi connectivity index (χ4v) is 1.46. The van der Waals surface area contributed by atoms with Crippen molar-refractivity contribution >= 4 is 18.1 Å². The lowest BCUT2D eigenvalue weighted by Gasteiger charge is -2.11. The van der Waals surface area contributed by atoms with Gasteiger partial charge in [0.25, 0.3) is 0 Å². The van der Waals surface area contributed by atoms with Gasteiger partial charge >= 0.3 is 0 Å². The molecule has 1 aliphatic rings. The molecule has 0 bridgehead atoms. The first kappa shape index (κ1) is 9.64. The third kappa shape index (κ3) is 2.12. The van der Waals surface area contributed by atoms with Crippen LogP contribution in [0.2, 0.25) is 0 Å². The van der Waals surface area contributed by atoms with E-state index in [0.29, 0.717) is 12.2 Å². The number of nitrogens with one attached hydrogen (secondary N) is 1. The van der Waals surface area contributed by atoms with Crippen molar-refractivity contribution in [1.82, 2.24) is 10.3 Å². The quantitative estimate of drug-likeness (QED) is 0.720. The molecule has 0 spiro atoms. The predicted molar refractivity (Wildman–Crippen MR) is 57.6 cm³/mol. The SMILES string of the molecule is Cc1cccc(N2CCC(NC=O)=N2)n1. The second-order valence-electron chi connectivity index (χ2n) is 3.32. The third-order valence-corrected chi connectivity index (χ3v) is 2.17. The number of aryl methyl sites for hydroxylation is 1. The number of amides is 1. The summed E-state index contributed by atoms with van der Waals surface area (Å²) in [5, 5.41) is 8.58. The van der Waals surface area contributed by atoms with Crippen LogP contribution >= 0.6 is 0 Å². The van der Waals surface area contributed by atoms with E-state index in [-0.39, 0.29) is 0 Å². The molecule has 1 aliphatic heterocycles. The summed E-state index contributed by atoms with van der Waals surface area (Å²) >= 11 is 0. The first-order valence-corrected chi connectivity index (χ1v) is 4.78. The minimum atomic E-state index is 0.645. The van der Waals surface area contributed by atoms with E-state index >= 15 is 0 Å². The Kier molecular flexibility index (Phi) is 2.62. The lowest BCUT2D eigenvalue weighted by Crippen LogP contribution is -2.18. The minimum absolute atomic E-state index is 0.645. The largest absolute Gasteiger partial charge is 0.315 e.